The molecule has 11 heteroatoms. The van der Waals surface area contributed by atoms with Gasteiger partial charge in [0.1, 0.15) is 11.5 Å². The molecule has 174 valence electrons. The van der Waals surface area contributed by atoms with E-state index in [0.717, 1.165) is 17.4 Å². The van der Waals surface area contributed by atoms with Crippen LogP contribution in [0.5, 0.6) is 5.75 Å². The molecule has 4 aromatic rings. The van der Waals surface area contributed by atoms with Crippen molar-refractivity contribution in [3.63, 3.8) is 0 Å². The number of nitro groups is 1. The molecular formula is C24H14ClN3O6S. The first-order valence-electron chi connectivity index (χ1n) is 10.2. The van der Waals surface area contributed by atoms with E-state index in [4.69, 9.17) is 11.6 Å². The highest BCUT2D eigenvalue weighted by Crippen LogP contribution is 2.44. The highest BCUT2D eigenvalue weighted by atomic mass is 35.5. The Balaban J connectivity index is 1.73. The van der Waals surface area contributed by atoms with Gasteiger partial charge in [0.15, 0.2) is 5.13 Å². The fourth-order valence-electron chi connectivity index (χ4n) is 3.91. The van der Waals surface area contributed by atoms with Gasteiger partial charge < -0.3 is 10.2 Å². The summed E-state index contributed by atoms with van der Waals surface area (Å²) >= 11 is 7.22. The molecule has 9 nitrogen and oxygen atoms in total. The van der Waals surface area contributed by atoms with Gasteiger partial charge in [-0.2, -0.15) is 0 Å². The van der Waals surface area contributed by atoms with Crippen LogP contribution in [0, 0.1) is 10.1 Å². The topological polar surface area (TPSA) is 134 Å². The Labute approximate surface area is 206 Å². The van der Waals surface area contributed by atoms with E-state index in [1.807, 2.05) is 0 Å². The predicted octanol–water partition coefficient (Wildman–Crippen LogP) is 5.19. The van der Waals surface area contributed by atoms with E-state index in [-0.39, 0.29) is 27.7 Å². The minimum atomic E-state index is -1.09. The summed E-state index contributed by atoms with van der Waals surface area (Å²) in [5.74, 6) is -2.47. The monoisotopic (exact) mass is 507 g/mol. The Morgan fingerprint density at radius 3 is 2.54 bits per heavy atom. The number of aromatic nitrogens is 1. The lowest BCUT2D eigenvalue weighted by molar-refractivity contribution is -0.384. The summed E-state index contributed by atoms with van der Waals surface area (Å²) in [4.78, 5) is 42.7. The molecule has 2 heterocycles. The largest absolute Gasteiger partial charge is 0.508 e. The third kappa shape index (κ3) is 3.88. The van der Waals surface area contributed by atoms with E-state index < -0.39 is 28.4 Å². The van der Waals surface area contributed by atoms with Crippen molar-refractivity contribution in [2.75, 3.05) is 4.90 Å². The predicted molar refractivity (Wildman–Crippen MR) is 131 cm³/mol. The Morgan fingerprint density at radius 1 is 1.09 bits per heavy atom. The molecular weight excluding hydrogens is 494 g/mol. The van der Waals surface area contributed by atoms with Gasteiger partial charge in [0.2, 0.25) is 0 Å². The van der Waals surface area contributed by atoms with Crippen molar-refractivity contribution in [3.05, 3.63) is 98.6 Å². The summed E-state index contributed by atoms with van der Waals surface area (Å²) in [7, 11) is 0. The molecule has 1 amide bonds. The first-order valence-corrected chi connectivity index (χ1v) is 11.3. The third-order valence-electron chi connectivity index (χ3n) is 5.53. The number of nitro benzene ring substituents is 1. The van der Waals surface area contributed by atoms with Gasteiger partial charge in [-0.3, -0.25) is 24.6 Å². The number of hydrogen-bond donors (Lipinski definition) is 2. The zero-order chi connectivity index (χ0) is 24.9. The zero-order valence-electron chi connectivity index (χ0n) is 17.6. The number of aliphatic hydroxyl groups is 1. The number of fused-ring (bicyclic) bond motifs is 1. The molecule has 0 bridgehead atoms. The number of carbonyl (C=O) groups excluding carboxylic acids is 2. The fourth-order valence-corrected chi connectivity index (χ4v) is 5.18. The van der Waals surface area contributed by atoms with Crippen LogP contribution in [0.25, 0.3) is 16.0 Å². The number of hydrogen-bond acceptors (Lipinski definition) is 8. The average molecular weight is 508 g/mol. The summed E-state index contributed by atoms with van der Waals surface area (Å²) in [6.07, 6.45) is 0. The second kappa shape index (κ2) is 8.49. The highest BCUT2D eigenvalue weighted by Gasteiger charge is 2.48. The molecule has 35 heavy (non-hydrogen) atoms. The van der Waals surface area contributed by atoms with Gasteiger partial charge >= 0.3 is 5.91 Å². The molecule has 3 aromatic carbocycles. The number of non-ortho nitro benzene ring substituents is 1. The van der Waals surface area contributed by atoms with E-state index >= 15 is 0 Å². The molecule has 0 saturated carbocycles. The minimum Gasteiger partial charge on any atom is -0.508 e. The summed E-state index contributed by atoms with van der Waals surface area (Å²) in [6.45, 7) is 0. The number of anilines is 1. The van der Waals surface area contributed by atoms with Crippen LogP contribution in [0.1, 0.15) is 17.2 Å². The van der Waals surface area contributed by atoms with Crippen molar-refractivity contribution in [3.8, 4) is 5.75 Å². The number of carbonyl (C=O) groups is 2. The van der Waals surface area contributed by atoms with Crippen molar-refractivity contribution < 1.29 is 24.7 Å². The quantitative estimate of drug-likeness (QED) is 0.128. The Hall–Kier alpha value is -4.28. The van der Waals surface area contributed by atoms with Crippen molar-refractivity contribution in [1.29, 1.82) is 0 Å². The molecule has 1 aliphatic rings. The van der Waals surface area contributed by atoms with Crippen LogP contribution in [0.4, 0.5) is 10.8 Å². The number of amides is 1. The number of halogens is 1. The van der Waals surface area contributed by atoms with E-state index in [9.17, 15) is 29.9 Å². The van der Waals surface area contributed by atoms with Gasteiger partial charge in [0.05, 0.1) is 26.8 Å². The van der Waals surface area contributed by atoms with Crippen molar-refractivity contribution >= 4 is 61.4 Å². The molecule has 1 aromatic heterocycles. The molecule has 0 aliphatic carbocycles. The van der Waals surface area contributed by atoms with Crippen molar-refractivity contribution in [2.24, 2.45) is 0 Å². The maximum atomic E-state index is 13.2. The first-order chi connectivity index (χ1) is 16.7. The molecule has 1 aliphatic heterocycles. The summed E-state index contributed by atoms with van der Waals surface area (Å²) in [5.41, 5.74) is 0.466. The molecule has 0 spiro atoms. The lowest BCUT2D eigenvalue weighted by atomic mass is 9.95. The van der Waals surface area contributed by atoms with Crippen LogP contribution >= 0.6 is 22.9 Å². The second-order valence-electron chi connectivity index (χ2n) is 7.68. The Morgan fingerprint density at radius 2 is 1.83 bits per heavy atom. The van der Waals surface area contributed by atoms with E-state index in [1.165, 1.54) is 47.4 Å². The molecule has 1 unspecified atom stereocenters. The summed E-state index contributed by atoms with van der Waals surface area (Å²) in [5, 5.41) is 32.8. The van der Waals surface area contributed by atoms with Crippen LogP contribution in [0.2, 0.25) is 5.02 Å². The normalized spacial score (nSPS) is 17.3. The highest BCUT2D eigenvalue weighted by molar-refractivity contribution is 7.22. The number of aliphatic hydroxyl groups excluding tert-OH is 1. The van der Waals surface area contributed by atoms with Gasteiger partial charge in [-0.15, -0.1) is 0 Å². The molecule has 1 saturated heterocycles. The molecule has 1 fully saturated rings. The molecule has 5 rings (SSSR count). The first kappa shape index (κ1) is 22.5. The van der Waals surface area contributed by atoms with E-state index in [0.29, 0.717) is 20.8 Å². The number of phenols is 1. The van der Waals surface area contributed by atoms with Gasteiger partial charge in [-0.25, -0.2) is 4.98 Å². The third-order valence-corrected chi connectivity index (χ3v) is 6.78. The number of phenolic OH excluding ortho intramolecular Hbond substituents is 1. The lowest BCUT2D eigenvalue weighted by Crippen LogP contribution is -2.29. The number of aromatic hydroxyl groups is 1. The number of rotatable bonds is 4. The van der Waals surface area contributed by atoms with Crippen molar-refractivity contribution in [1.82, 2.24) is 4.98 Å². The lowest BCUT2D eigenvalue weighted by Gasteiger charge is -2.23. The Bertz CT molecular complexity index is 1560. The number of ketones is 1. The number of benzene rings is 3. The van der Waals surface area contributed by atoms with Crippen LogP contribution in [-0.2, 0) is 9.59 Å². The van der Waals surface area contributed by atoms with E-state index in [2.05, 4.69) is 4.98 Å². The maximum Gasteiger partial charge on any atom is 0.301 e. The standard InChI is InChI=1S/C24H14ClN3O6S/c25-14-6-9-17-18(11-14)35-24(26-17)27-20(12-4-7-16(29)8-5-12)19(22(31)23(27)32)21(30)13-2-1-3-15(10-13)28(33)34/h1-11,20,29-30H/b21-19+. The van der Waals surface area contributed by atoms with Crippen LogP contribution in [0.15, 0.2) is 72.3 Å². The van der Waals surface area contributed by atoms with Crippen LogP contribution < -0.4 is 4.90 Å². The smallest absolute Gasteiger partial charge is 0.301 e. The van der Waals surface area contributed by atoms with Crippen LogP contribution in [-0.4, -0.2) is 31.8 Å². The van der Waals surface area contributed by atoms with Gasteiger partial charge in [0, 0.05) is 22.7 Å². The van der Waals surface area contributed by atoms with Gasteiger partial charge in [-0.1, -0.05) is 47.2 Å². The van der Waals surface area contributed by atoms with Crippen molar-refractivity contribution in [2.45, 2.75) is 6.04 Å². The molecule has 1 atom stereocenters. The summed E-state index contributed by atoms with van der Waals surface area (Å²) < 4.78 is 0.692. The number of Topliss-reactive ketones (excluding diaryl/α,β-unsaturated/α-hetero) is 1. The minimum absolute atomic E-state index is 0.0112. The van der Waals surface area contributed by atoms with E-state index in [1.54, 1.807) is 18.2 Å². The molecule has 2 N–H and O–H groups in total. The van der Waals surface area contributed by atoms with Gasteiger partial charge in [-0.05, 0) is 35.9 Å². The average Bonchev–Trinajstić information content (AvgIpc) is 3.37. The summed E-state index contributed by atoms with van der Waals surface area (Å²) in [6, 6.07) is 14.9. The second-order valence-corrected chi connectivity index (χ2v) is 9.12. The van der Waals surface area contributed by atoms with Crippen LogP contribution in [0.3, 0.4) is 0 Å². The fraction of sp³-hybridized carbons (Fsp3) is 0.0417. The van der Waals surface area contributed by atoms with Gasteiger partial charge in [0.25, 0.3) is 11.5 Å². The Kier molecular flexibility index (Phi) is 5.46. The zero-order valence-corrected chi connectivity index (χ0v) is 19.2. The SMILES string of the molecule is O=C1C(=O)N(c2nc3ccc(Cl)cc3s2)C(c2ccc(O)cc2)/C1=C(\O)c1cccc([N+](=O)[O-])c1. The number of thiazole rings is 1. The number of nitrogens with zero attached hydrogens (tertiary/aromatic N) is 3. The molecule has 0 radical (unpaired) electrons. The maximum absolute atomic E-state index is 13.2.